The second-order valence-corrected chi connectivity index (χ2v) is 7.03. The molecule has 1 saturated heterocycles. The van der Waals surface area contributed by atoms with Crippen LogP contribution in [0.2, 0.25) is 0 Å². The van der Waals surface area contributed by atoms with Gasteiger partial charge in [-0.2, -0.15) is 0 Å². The molecule has 0 amide bonds. The smallest absolute Gasteiger partial charge is 0.193 e. The van der Waals surface area contributed by atoms with Crippen LogP contribution in [0.4, 0.5) is 0 Å². The van der Waals surface area contributed by atoms with E-state index in [1.807, 2.05) is 12.1 Å². The molecule has 1 aromatic rings. The molecule has 0 spiro atoms. The molecule has 0 atom stereocenters. The van der Waals surface area contributed by atoms with E-state index >= 15 is 0 Å². The molecule has 4 heteroatoms. The molecule has 23 heavy (non-hydrogen) atoms. The summed E-state index contributed by atoms with van der Waals surface area (Å²) in [5.74, 6) is 2.00. The van der Waals surface area contributed by atoms with Gasteiger partial charge >= 0.3 is 0 Å². The minimum Gasteiger partial charge on any atom is -0.497 e. The number of guanidine groups is 1. The Morgan fingerprint density at radius 3 is 2.87 bits per heavy atom. The zero-order chi connectivity index (χ0) is 16.7. The molecular formula is C19H31N3O. The Labute approximate surface area is 140 Å². The molecule has 0 unspecified atom stereocenters. The van der Waals surface area contributed by atoms with Gasteiger partial charge in [-0.25, -0.2) is 0 Å². The molecule has 1 aliphatic heterocycles. The van der Waals surface area contributed by atoms with Gasteiger partial charge in [0.2, 0.25) is 0 Å². The van der Waals surface area contributed by atoms with Crippen molar-refractivity contribution in [3.63, 3.8) is 0 Å². The molecule has 4 nitrogen and oxygen atoms in total. The number of hydrogen-bond acceptors (Lipinski definition) is 2. The van der Waals surface area contributed by atoms with Gasteiger partial charge in [0, 0.05) is 26.2 Å². The first kappa shape index (κ1) is 17.6. The van der Waals surface area contributed by atoms with Crippen molar-refractivity contribution in [3.05, 3.63) is 29.8 Å². The monoisotopic (exact) mass is 317 g/mol. The lowest BCUT2D eigenvalue weighted by atomic mass is 9.93. The van der Waals surface area contributed by atoms with Gasteiger partial charge in [-0.15, -0.1) is 0 Å². The molecule has 1 heterocycles. The minimum atomic E-state index is 0.400. The highest BCUT2D eigenvalue weighted by atomic mass is 16.5. The van der Waals surface area contributed by atoms with Crippen LogP contribution in [0.5, 0.6) is 5.75 Å². The van der Waals surface area contributed by atoms with Crippen molar-refractivity contribution in [1.29, 1.82) is 0 Å². The van der Waals surface area contributed by atoms with Crippen LogP contribution in [0.25, 0.3) is 0 Å². The van der Waals surface area contributed by atoms with E-state index in [1.165, 1.54) is 12.0 Å². The first-order valence-corrected chi connectivity index (χ1v) is 8.70. The second kappa shape index (κ2) is 8.23. The molecule has 128 valence electrons. The Balaban J connectivity index is 1.86. The molecule has 1 fully saturated rings. The number of nitrogens with one attached hydrogen (secondary N) is 1. The van der Waals surface area contributed by atoms with Crippen LogP contribution >= 0.6 is 0 Å². The zero-order valence-electron chi connectivity index (χ0n) is 15.1. The van der Waals surface area contributed by atoms with Crippen LogP contribution in [0, 0.1) is 5.41 Å². The number of benzene rings is 1. The SMILES string of the molecule is CCNC(=NCCCc1cccc(OC)c1)N1CCC(C)(C)C1. The average molecular weight is 317 g/mol. The Hall–Kier alpha value is -1.71. The van der Waals surface area contributed by atoms with Crippen LogP contribution in [-0.2, 0) is 6.42 Å². The van der Waals surface area contributed by atoms with Crippen molar-refractivity contribution < 1.29 is 4.74 Å². The first-order chi connectivity index (χ1) is 11.0. The summed E-state index contributed by atoms with van der Waals surface area (Å²) in [5, 5.41) is 3.44. The van der Waals surface area contributed by atoms with Gasteiger partial charge in [0.15, 0.2) is 5.96 Å². The number of nitrogens with zero attached hydrogens (tertiary/aromatic N) is 2. The predicted octanol–water partition coefficient (Wildman–Crippen LogP) is 3.33. The second-order valence-electron chi connectivity index (χ2n) is 7.03. The van der Waals surface area contributed by atoms with Gasteiger partial charge in [0.1, 0.15) is 5.75 Å². The lowest BCUT2D eigenvalue weighted by Gasteiger charge is -2.23. The fourth-order valence-electron chi connectivity index (χ4n) is 3.02. The molecule has 1 N–H and O–H groups in total. The van der Waals surface area contributed by atoms with Crippen LogP contribution in [0.3, 0.4) is 0 Å². The summed E-state index contributed by atoms with van der Waals surface area (Å²) in [7, 11) is 1.71. The maximum absolute atomic E-state index is 5.27. The number of hydrogen-bond donors (Lipinski definition) is 1. The number of rotatable bonds is 6. The number of aryl methyl sites for hydroxylation is 1. The molecule has 1 aromatic carbocycles. The summed E-state index contributed by atoms with van der Waals surface area (Å²) in [5.41, 5.74) is 1.71. The third kappa shape index (κ3) is 5.45. The van der Waals surface area contributed by atoms with Crippen LogP contribution in [0.1, 0.15) is 39.2 Å². The number of likely N-dealkylation sites (tertiary alicyclic amines) is 1. The maximum atomic E-state index is 5.27. The third-order valence-electron chi connectivity index (χ3n) is 4.33. The molecule has 0 aromatic heterocycles. The maximum Gasteiger partial charge on any atom is 0.193 e. The summed E-state index contributed by atoms with van der Waals surface area (Å²) >= 11 is 0. The van der Waals surface area contributed by atoms with Gasteiger partial charge < -0.3 is 15.0 Å². The average Bonchev–Trinajstić information content (AvgIpc) is 2.90. The predicted molar refractivity (Wildman–Crippen MR) is 97.3 cm³/mol. The molecule has 0 aliphatic carbocycles. The summed E-state index contributed by atoms with van der Waals surface area (Å²) in [6, 6.07) is 8.30. The fraction of sp³-hybridized carbons (Fsp3) is 0.632. The van der Waals surface area contributed by atoms with E-state index in [9.17, 15) is 0 Å². The van der Waals surface area contributed by atoms with E-state index < -0.39 is 0 Å². The summed E-state index contributed by atoms with van der Waals surface area (Å²) in [4.78, 5) is 7.22. The molecular weight excluding hydrogens is 286 g/mol. The standard InChI is InChI=1S/C19H31N3O/c1-5-20-18(22-13-11-19(2,3)15-22)21-12-7-9-16-8-6-10-17(14-16)23-4/h6,8,10,14H,5,7,9,11-13,15H2,1-4H3,(H,20,21). The normalized spacial score (nSPS) is 17.4. The van der Waals surface area contributed by atoms with Gasteiger partial charge in [0.25, 0.3) is 0 Å². The van der Waals surface area contributed by atoms with E-state index in [4.69, 9.17) is 9.73 Å². The summed E-state index contributed by atoms with van der Waals surface area (Å²) < 4.78 is 5.27. The molecule has 2 rings (SSSR count). The molecule has 0 bridgehead atoms. The molecule has 0 saturated carbocycles. The summed E-state index contributed by atoms with van der Waals surface area (Å²) in [6.45, 7) is 10.8. The van der Waals surface area contributed by atoms with E-state index in [0.29, 0.717) is 5.41 Å². The summed E-state index contributed by atoms with van der Waals surface area (Å²) in [6.07, 6.45) is 3.33. The van der Waals surface area contributed by atoms with Crippen molar-refractivity contribution in [2.75, 3.05) is 33.3 Å². The molecule has 1 aliphatic rings. The van der Waals surface area contributed by atoms with Gasteiger partial charge in [-0.3, -0.25) is 4.99 Å². The van der Waals surface area contributed by atoms with Crippen LogP contribution in [0.15, 0.2) is 29.3 Å². The Bertz CT molecular complexity index is 525. The number of methoxy groups -OCH3 is 1. The minimum absolute atomic E-state index is 0.400. The topological polar surface area (TPSA) is 36.9 Å². The van der Waals surface area contributed by atoms with Crippen molar-refractivity contribution in [2.24, 2.45) is 10.4 Å². The quantitative estimate of drug-likeness (QED) is 0.497. The van der Waals surface area contributed by atoms with Gasteiger partial charge in [0.05, 0.1) is 7.11 Å². The zero-order valence-corrected chi connectivity index (χ0v) is 15.1. The van der Waals surface area contributed by atoms with Crippen LogP contribution in [-0.4, -0.2) is 44.1 Å². The number of aliphatic imine (C=N–C) groups is 1. The lowest BCUT2D eigenvalue weighted by molar-refractivity contribution is 0.370. The van der Waals surface area contributed by atoms with E-state index in [1.54, 1.807) is 7.11 Å². The largest absolute Gasteiger partial charge is 0.497 e. The Morgan fingerprint density at radius 2 is 2.22 bits per heavy atom. The Kier molecular flexibility index (Phi) is 6.31. The number of ether oxygens (including phenoxy) is 1. The van der Waals surface area contributed by atoms with Crippen molar-refractivity contribution in [3.8, 4) is 5.75 Å². The van der Waals surface area contributed by atoms with E-state index in [-0.39, 0.29) is 0 Å². The van der Waals surface area contributed by atoms with Crippen molar-refractivity contribution >= 4 is 5.96 Å². The Morgan fingerprint density at radius 1 is 1.39 bits per heavy atom. The highest BCUT2D eigenvalue weighted by molar-refractivity contribution is 5.80. The van der Waals surface area contributed by atoms with Crippen molar-refractivity contribution in [1.82, 2.24) is 10.2 Å². The first-order valence-electron chi connectivity index (χ1n) is 8.70. The van der Waals surface area contributed by atoms with Gasteiger partial charge in [-0.05, 0) is 49.3 Å². The van der Waals surface area contributed by atoms with E-state index in [2.05, 4.69) is 43.1 Å². The van der Waals surface area contributed by atoms with E-state index in [0.717, 1.165) is 50.7 Å². The third-order valence-corrected chi connectivity index (χ3v) is 4.33. The fourth-order valence-corrected chi connectivity index (χ4v) is 3.02. The highest BCUT2D eigenvalue weighted by Crippen LogP contribution is 2.28. The van der Waals surface area contributed by atoms with Gasteiger partial charge in [-0.1, -0.05) is 26.0 Å². The van der Waals surface area contributed by atoms with Crippen molar-refractivity contribution in [2.45, 2.75) is 40.0 Å². The lowest BCUT2D eigenvalue weighted by Crippen LogP contribution is -2.40. The molecule has 0 radical (unpaired) electrons. The van der Waals surface area contributed by atoms with Crippen LogP contribution < -0.4 is 10.1 Å². The highest BCUT2D eigenvalue weighted by Gasteiger charge is 2.30.